The van der Waals surface area contributed by atoms with Crippen molar-refractivity contribution in [3.63, 3.8) is 0 Å². The summed E-state index contributed by atoms with van der Waals surface area (Å²) in [4.78, 5) is 18.5. The molecule has 0 aliphatic carbocycles. The Balaban J connectivity index is 1.84. The molecule has 3 rings (SSSR count). The Morgan fingerprint density at radius 2 is 2.16 bits per heavy atom. The molecule has 0 spiro atoms. The number of aromatic nitrogens is 1. The van der Waals surface area contributed by atoms with Crippen molar-refractivity contribution in [1.29, 1.82) is 0 Å². The van der Waals surface area contributed by atoms with E-state index < -0.39 is 0 Å². The normalized spacial score (nSPS) is 17.3. The van der Waals surface area contributed by atoms with Gasteiger partial charge in [-0.1, -0.05) is 24.3 Å². The van der Waals surface area contributed by atoms with E-state index in [4.69, 9.17) is 0 Å². The third kappa shape index (κ3) is 2.24. The third-order valence-corrected chi connectivity index (χ3v) is 3.55. The van der Waals surface area contributed by atoms with Crippen molar-refractivity contribution >= 4 is 11.6 Å². The largest absolute Gasteiger partial charge is 0.309 e. The second-order valence-corrected chi connectivity index (χ2v) is 4.98. The number of hydrogen-bond acceptors (Lipinski definition) is 2. The zero-order chi connectivity index (χ0) is 13.2. The predicted molar refractivity (Wildman–Crippen MR) is 75.0 cm³/mol. The van der Waals surface area contributed by atoms with E-state index in [0.29, 0.717) is 6.42 Å². The first-order chi connectivity index (χ1) is 9.25. The smallest absolute Gasteiger partial charge is 0.231 e. The molecular formula is C16H16N2O. The van der Waals surface area contributed by atoms with E-state index in [1.807, 2.05) is 35.2 Å². The Morgan fingerprint density at radius 3 is 2.95 bits per heavy atom. The number of para-hydroxylation sites is 1. The van der Waals surface area contributed by atoms with Gasteiger partial charge in [0.25, 0.3) is 0 Å². The lowest BCUT2D eigenvalue weighted by molar-refractivity contribution is -0.118. The summed E-state index contributed by atoms with van der Waals surface area (Å²) in [5.41, 5.74) is 3.28. The van der Waals surface area contributed by atoms with Crippen LogP contribution in [0.1, 0.15) is 18.1 Å². The molecule has 1 atom stereocenters. The van der Waals surface area contributed by atoms with E-state index in [-0.39, 0.29) is 11.9 Å². The van der Waals surface area contributed by atoms with Crippen molar-refractivity contribution < 1.29 is 4.79 Å². The molecule has 1 aliphatic heterocycles. The van der Waals surface area contributed by atoms with Crippen molar-refractivity contribution in [1.82, 2.24) is 4.98 Å². The highest BCUT2D eigenvalue weighted by Gasteiger charge is 2.30. The molecule has 19 heavy (non-hydrogen) atoms. The summed E-state index contributed by atoms with van der Waals surface area (Å²) in [6, 6.07) is 12.2. The molecule has 2 aromatic rings. The fourth-order valence-electron chi connectivity index (χ4n) is 2.71. The van der Waals surface area contributed by atoms with Crippen LogP contribution in [0.2, 0.25) is 0 Å². The average molecular weight is 252 g/mol. The van der Waals surface area contributed by atoms with Crippen molar-refractivity contribution in [3.05, 3.63) is 59.9 Å². The van der Waals surface area contributed by atoms with Gasteiger partial charge < -0.3 is 4.90 Å². The number of amides is 1. The lowest BCUT2D eigenvalue weighted by Crippen LogP contribution is -2.36. The quantitative estimate of drug-likeness (QED) is 0.823. The molecule has 96 valence electrons. The number of benzene rings is 1. The SMILES string of the molecule is CC1Cc2ccccc2N1C(=O)Cc1cccnc1. The summed E-state index contributed by atoms with van der Waals surface area (Å²) < 4.78 is 0. The molecule has 1 unspecified atom stereocenters. The summed E-state index contributed by atoms with van der Waals surface area (Å²) in [5, 5.41) is 0. The number of carbonyl (C=O) groups is 1. The van der Waals surface area contributed by atoms with E-state index in [9.17, 15) is 4.79 Å². The third-order valence-electron chi connectivity index (χ3n) is 3.55. The van der Waals surface area contributed by atoms with Gasteiger partial charge in [-0.05, 0) is 36.6 Å². The Bertz CT molecular complexity index is 595. The fourth-order valence-corrected chi connectivity index (χ4v) is 2.71. The lowest BCUT2D eigenvalue weighted by Gasteiger charge is -2.22. The number of fused-ring (bicyclic) bond motifs is 1. The van der Waals surface area contributed by atoms with Crippen LogP contribution in [-0.4, -0.2) is 16.9 Å². The van der Waals surface area contributed by atoms with Crippen molar-refractivity contribution in [2.24, 2.45) is 0 Å². The summed E-state index contributed by atoms with van der Waals surface area (Å²) in [6.45, 7) is 2.10. The highest BCUT2D eigenvalue weighted by atomic mass is 16.2. The maximum absolute atomic E-state index is 12.5. The molecule has 0 saturated heterocycles. The van der Waals surface area contributed by atoms with Gasteiger partial charge in [0.1, 0.15) is 0 Å². The van der Waals surface area contributed by atoms with Crippen LogP contribution in [0, 0.1) is 0 Å². The first kappa shape index (κ1) is 11.9. The lowest BCUT2D eigenvalue weighted by atomic mass is 10.1. The Labute approximate surface area is 112 Å². The van der Waals surface area contributed by atoms with Gasteiger partial charge in [-0.25, -0.2) is 0 Å². The number of pyridine rings is 1. The van der Waals surface area contributed by atoms with Crippen LogP contribution in [0.3, 0.4) is 0 Å². The summed E-state index contributed by atoms with van der Waals surface area (Å²) in [6.07, 6.45) is 4.83. The van der Waals surface area contributed by atoms with Crippen LogP contribution in [0.25, 0.3) is 0 Å². The Kier molecular flexibility index (Phi) is 3.03. The second-order valence-electron chi connectivity index (χ2n) is 4.98. The number of rotatable bonds is 2. The van der Waals surface area contributed by atoms with Gasteiger partial charge in [-0.3, -0.25) is 9.78 Å². The molecule has 0 N–H and O–H groups in total. The topological polar surface area (TPSA) is 33.2 Å². The molecule has 0 radical (unpaired) electrons. The van der Waals surface area contributed by atoms with Crippen LogP contribution in [0.15, 0.2) is 48.8 Å². The van der Waals surface area contributed by atoms with Crippen LogP contribution in [0.4, 0.5) is 5.69 Å². The first-order valence-electron chi connectivity index (χ1n) is 6.54. The molecule has 1 aliphatic rings. The average Bonchev–Trinajstić information content (AvgIpc) is 2.75. The molecule has 1 amide bonds. The molecular weight excluding hydrogens is 236 g/mol. The van der Waals surface area contributed by atoms with Crippen LogP contribution in [-0.2, 0) is 17.6 Å². The maximum Gasteiger partial charge on any atom is 0.231 e. The van der Waals surface area contributed by atoms with E-state index in [1.165, 1.54) is 5.56 Å². The zero-order valence-corrected chi connectivity index (χ0v) is 10.9. The molecule has 3 nitrogen and oxygen atoms in total. The van der Waals surface area contributed by atoms with Crippen molar-refractivity contribution in [2.75, 3.05) is 4.90 Å². The molecule has 2 heterocycles. The second kappa shape index (κ2) is 4.84. The summed E-state index contributed by atoms with van der Waals surface area (Å²) in [5.74, 6) is 0.144. The Hall–Kier alpha value is -2.16. The fraction of sp³-hybridized carbons (Fsp3) is 0.250. The van der Waals surface area contributed by atoms with Gasteiger partial charge in [0.15, 0.2) is 0 Å². The molecule has 3 heteroatoms. The standard InChI is InChI=1S/C16H16N2O/c1-12-9-14-6-2-3-7-15(14)18(12)16(19)10-13-5-4-8-17-11-13/h2-8,11-12H,9-10H2,1H3. The van der Waals surface area contributed by atoms with Crippen LogP contribution in [0.5, 0.6) is 0 Å². The first-order valence-corrected chi connectivity index (χ1v) is 6.54. The van der Waals surface area contributed by atoms with Crippen molar-refractivity contribution in [2.45, 2.75) is 25.8 Å². The highest BCUT2D eigenvalue weighted by Crippen LogP contribution is 2.32. The van der Waals surface area contributed by atoms with Gasteiger partial charge in [-0.2, -0.15) is 0 Å². The van der Waals surface area contributed by atoms with Gasteiger partial charge in [-0.15, -0.1) is 0 Å². The van der Waals surface area contributed by atoms with E-state index in [0.717, 1.165) is 17.7 Å². The van der Waals surface area contributed by atoms with Crippen LogP contribution >= 0.6 is 0 Å². The minimum Gasteiger partial charge on any atom is -0.309 e. The van der Waals surface area contributed by atoms with Crippen LogP contribution < -0.4 is 4.90 Å². The molecule has 0 fully saturated rings. The van der Waals surface area contributed by atoms with Gasteiger partial charge >= 0.3 is 0 Å². The van der Waals surface area contributed by atoms with Crippen molar-refractivity contribution in [3.8, 4) is 0 Å². The van der Waals surface area contributed by atoms with E-state index in [1.54, 1.807) is 12.4 Å². The maximum atomic E-state index is 12.5. The van der Waals surface area contributed by atoms with E-state index in [2.05, 4.69) is 18.0 Å². The monoisotopic (exact) mass is 252 g/mol. The number of anilines is 1. The molecule has 1 aromatic carbocycles. The molecule has 0 saturated carbocycles. The molecule has 0 bridgehead atoms. The number of hydrogen-bond donors (Lipinski definition) is 0. The zero-order valence-electron chi connectivity index (χ0n) is 10.9. The van der Waals surface area contributed by atoms with Gasteiger partial charge in [0, 0.05) is 24.1 Å². The number of carbonyl (C=O) groups excluding carboxylic acids is 1. The van der Waals surface area contributed by atoms with Gasteiger partial charge in [0.2, 0.25) is 5.91 Å². The summed E-state index contributed by atoms with van der Waals surface area (Å²) >= 11 is 0. The molecule has 1 aromatic heterocycles. The highest BCUT2D eigenvalue weighted by molar-refractivity contribution is 5.97. The minimum atomic E-state index is 0.144. The summed E-state index contributed by atoms with van der Waals surface area (Å²) in [7, 11) is 0. The van der Waals surface area contributed by atoms with E-state index >= 15 is 0 Å². The Morgan fingerprint density at radius 1 is 1.32 bits per heavy atom. The van der Waals surface area contributed by atoms with Gasteiger partial charge in [0.05, 0.1) is 6.42 Å². The minimum absolute atomic E-state index is 0.144. The number of nitrogens with zero attached hydrogens (tertiary/aromatic N) is 2. The predicted octanol–water partition coefficient (Wildman–Crippen LogP) is 2.60.